The maximum Gasteiger partial charge on any atom is 0.0831 e. The Bertz CT molecular complexity index is 280. The van der Waals surface area contributed by atoms with Gasteiger partial charge in [0.1, 0.15) is 0 Å². The van der Waals surface area contributed by atoms with Crippen LogP contribution in [0.15, 0.2) is 34.9 Å². The molecule has 0 bridgehead atoms. The summed E-state index contributed by atoms with van der Waals surface area (Å²) in [7, 11) is 0. The SMILES string of the molecule is NC1=C=C=C(C2CC2)C=C1. The van der Waals surface area contributed by atoms with E-state index in [9.17, 15) is 0 Å². The second-order valence-electron chi connectivity index (χ2n) is 2.77. The fourth-order valence-corrected chi connectivity index (χ4v) is 1.04. The molecular formula is C9H9N. The molecule has 0 aromatic heterocycles. The van der Waals surface area contributed by atoms with E-state index >= 15 is 0 Å². The van der Waals surface area contributed by atoms with Gasteiger partial charge in [-0.15, -0.1) is 0 Å². The molecule has 2 N–H and O–H groups in total. The molecule has 0 atom stereocenters. The Morgan fingerprint density at radius 1 is 1.30 bits per heavy atom. The Kier molecular flexibility index (Phi) is 1.07. The van der Waals surface area contributed by atoms with Crippen LogP contribution in [-0.4, -0.2) is 0 Å². The van der Waals surface area contributed by atoms with Crippen LogP contribution in [0.4, 0.5) is 0 Å². The minimum atomic E-state index is 0.685. The van der Waals surface area contributed by atoms with Gasteiger partial charge < -0.3 is 5.73 Å². The molecule has 0 unspecified atom stereocenters. The van der Waals surface area contributed by atoms with E-state index in [-0.39, 0.29) is 0 Å². The normalized spacial score (nSPS) is 22.4. The molecule has 0 aromatic carbocycles. The highest BCUT2D eigenvalue weighted by molar-refractivity contribution is 5.33. The van der Waals surface area contributed by atoms with E-state index in [2.05, 4.69) is 11.5 Å². The molecule has 1 nitrogen and oxygen atoms in total. The summed E-state index contributed by atoms with van der Waals surface area (Å²) in [5, 5.41) is 0. The minimum Gasteiger partial charge on any atom is -0.392 e. The van der Waals surface area contributed by atoms with Crippen molar-refractivity contribution in [3.05, 3.63) is 34.9 Å². The van der Waals surface area contributed by atoms with E-state index in [4.69, 9.17) is 5.73 Å². The van der Waals surface area contributed by atoms with Gasteiger partial charge in [-0.1, -0.05) is 5.73 Å². The molecule has 0 radical (unpaired) electrons. The van der Waals surface area contributed by atoms with Crippen LogP contribution >= 0.6 is 0 Å². The van der Waals surface area contributed by atoms with Crippen molar-refractivity contribution < 1.29 is 0 Å². The third kappa shape index (κ3) is 0.930. The Labute approximate surface area is 60.2 Å². The Morgan fingerprint density at radius 3 is 2.60 bits per heavy atom. The van der Waals surface area contributed by atoms with Crippen molar-refractivity contribution >= 4 is 0 Å². The van der Waals surface area contributed by atoms with Gasteiger partial charge in [0.05, 0.1) is 5.70 Å². The van der Waals surface area contributed by atoms with Gasteiger partial charge in [-0.3, -0.25) is 0 Å². The third-order valence-electron chi connectivity index (χ3n) is 1.81. The van der Waals surface area contributed by atoms with Gasteiger partial charge >= 0.3 is 0 Å². The molecule has 0 spiro atoms. The van der Waals surface area contributed by atoms with Gasteiger partial charge in [-0.2, -0.15) is 0 Å². The van der Waals surface area contributed by atoms with Crippen LogP contribution in [-0.2, 0) is 0 Å². The molecule has 1 heteroatoms. The molecule has 0 aromatic rings. The van der Waals surface area contributed by atoms with Gasteiger partial charge in [-0.05, 0) is 36.6 Å². The van der Waals surface area contributed by atoms with E-state index in [0.717, 1.165) is 5.92 Å². The molecule has 0 heterocycles. The molecule has 10 heavy (non-hydrogen) atoms. The quantitative estimate of drug-likeness (QED) is 0.536. The van der Waals surface area contributed by atoms with Crippen LogP contribution < -0.4 is 5.73 Å². The van der Waals surface area contributed by atoms with E-state index in [1.165, 1.54) is 18.4 Å². The number of allylic oxidation sites excluding steroid dienone is 3. The molecule has 2 rings (SSSR count). The molecule has 2 aliphatic carbocycles. The lowest BCUT2D eigenvalue weighted by molar-refractivity contribution is 1.05. The average Bonchev–Trinajstić information content (AvgIpc) is 2.71. The maximum atomic E-state index is 5.46. The number of hydrogen-bond donors (Lipinski definition) is 1. The van der Waals surface area contributed by atoms with Gasteiger partial charge in [0.25, 0.3) is 0 Å². The standard InChI is InChI=1S/C9H9N/c10-9-5-3-8(4-6-9)7-1-2-7/h3,5,7H,1-2,10H2. The van der Waals surface area contributed by atoms with Crippen LogP contribution in [0.5, 0.6) is 0 Å². The predicted octanol–water partition coefficient (Wildman–Crippen LogP) is 1.49. The first-order chi connectivity index (χ1) is 4.86. The first-order valence-electron chi connectivity index (χ1n) is 3.55. The second-order valence-corrected chi connectivity index (χ2v) is 2.77. The second kappa shape index (κ2) is 1.91. The lowest BCUT2D eigenvalue weighted by Crippen LogP contribution is -1.92. The molecule has 0 aliphatic heterocycles. The zero-order valence-electron chi connectivity index (χ0n) is 5.72. The van der Waals surface area contributed by atoms with Crippen molar-refractivity contribution in [1.29, 1.82) is 0 Å². The van der Waals surface area contributed by atoms with Crippen LogP contribution in [0.2, 0.25) is 0 Å². The highest BCUT2D eigenvalue weighted by atomic mass is 14.5. The van der Waals surface area contributed by atoms with Crippen LogP contribution in [0.3, 0.4) is 0 Å². The summed E-state index contributed by atoms with van der Waals surface area (Å²) >= 11 is 0. The van der Waals surface area contributed by atoms with Gasteiger partial charge in [-0.25, -0.2) is 0 Å². The molecule has 1 fully saturated rings. The predicted molar refractivity (Wildman–Crippen MR) is 40.1 cm³/mol. The van der Waals surface area contributed by atoms with Crippen molar-refractivity contribution in [1.82, 2.24) is 0 Å². The molecule has 2 aliphatic rings. The van der Waals surface area contributed by atoms with E-state index in [0.29, 0.717) is 5.70 Å². The lowest BCUT2D eigenvalue weighted by atomic mass is 10.1. The summed E-state index contributed by atoms with van der Waals surface area (Å²) in [6.45, 7) is 0. The zero-order valence-corrected chi connectivity index (χ0v) is 5.72. The van der Waals surface area contributed by atoms with Gasteiger partial charge in [0.2, 0.25) is 0 Å². The van der Waals surface area contributed by atoms with E-state index < -0.39 is 0 Å². The van der Waals surface area contributed by atoms with Gasteiger partial charge in [0.15, 0.2) is 0 Å². The number of rotatable bonds is 1. The molecule has 1 saturated carbocycles. The summed E-state index contributed by atoms with van der Waals surface area (Å²) in [5.74, 6) is 0.761. The first-order valence-corrected chi connectivity index (χ1v) is 3.55. The summed E-state index contributed by atoms with van der Waals surface area (Å²) in [4.78, 5) is 0. The highest BCUT2D eigenvalue weighted by Gasteiger charge is 2.24. The summed E-state index contributed by atoms with van der Waals surface area (Å²) in [5.41, 5.74) is 13.3. The first kappa shape index (κ1) is 5.61. The van der Waals surface area contributed by atoms with Crippen LogP contribution in [0.25, 0.3) is 0 Å². The fraction of sp³-hybridized carbons (Fsp3) is 0.333. The fourth-order valence-electron chi connectivity index (χ4n) is 1.04. The maximum absolute atomic E-state index is 5.46. The monoisotopic (exact) mass is 131 g/mol. The Balaban J connectivity index is 2.38. The summed E-state index contributed by atoms with van der Waals surface area (Å²) < 4.78 is 0. The smallest absolute Gasteiger partial charge is 0.0831 e. The van der Waals surface area contributed by atoms with Crippen LogP contribution in [0.1, 0.15) is 12.8 Å². The summed E-state index contributed by atoms with van der Waals surface area (Å²) in [6, 6.07) is 0. The minimum absolute atomic E-state index is 0.685. The Hall–Kier alpha value is -1.16. The van der Waals surface area contributed by atoms with E-state index in [1.807, 2.05) is 12.2 Å². The van der Waals surface area contributed by atoms with Crippen molar-refractivity contribution in [2.24, 2.45) is 11.7 Å². The molecular weight excluding hydrogens is 122 g/mol. The Morgan fingerprint density at radius 2 is 2.10 bits per heavy atom. The average molecular weight is 131 g/mol. The van der Waals surface area contributed by atoms with Crippen molar-refractivity contribution in [2.45, 2.75) is 12.8 Å². The van der Waals surface area contributed by atoms with Crippen molar-refractivity contribution in [3.8, 4) is 0 Å². The largest absolute Gasteiger partial charge is 0.392 e. The van der Waals surface area contributed by atoms with E-state index in [1.54, 1.807) is 0 Å². The molecule has 0 amide bonds. The summed E-state index contributed by atoms with van der Waals surface area (Å²) in [6.07, 6.45) is 6.57. The van der Waals surface area contributed by atoms with Crippen LogP contribution in [0, 0.1) is 5.92 Å². The van der Waals surface area contributed by atoms with Crippen molar-refractivity contribution in [2.75, 3.05) is 0 Å². The highest BCUT2D eigenvalue weighted by Crippen LogP contribution is 2.36. The van der Waals surface area contributed by atoms with Crippen molar-refractivity contribution in [3.63, 3.8) is 0 Å². The number of hydrogen-bond acceptors (Lipinski definition) is 1. The topological polar surface area (TPSA) is 26.0 Å². The van der Waals surface area contributed by atoms with Gasteiger partial charge in [0, 0.05) is 5.57 Å². The molecule has 50 valence electrons. The lowest BCUT2D eigenvalue weighted by Gasteiger charge is -1.95. The third-order valence-corrected chi connectivity index (χ3v) is 1.81. The molecule has 0 saturated heterocycles. The zero-order chi connectivity index (χ0) is 6.97. The number of nitrogens with two attached hydrogens (primary N) is 1.